The van der Waals surface area contributed by atoms with Crippen molar-refractivity contribution in [3.63, 3.8) is 0 Å². The van der Waals surface area contributed by atoms with E-state index in [1.54, 1.807) is 6.92 Å². The van der Waals surface area contributed by atoms with Crippen LogP contribution >= 0.6 is 0 Å². The molecule has 0 aromatic rings. The smallest absolute Gasteiger partial charge is 0.297 e. The molecule has 0 aliphatic heterocycles. The Morgan fingerprint density at radius 2 is 1.50 bits per heavy atom. The molecule has 0 fully saturated rings. The van der Waals surface area contributed by atoms with Crippen LogP contribution in [0.2, 0.25) is 0 Å². The Labute approximate surface area is 85.8 Å². The lowest BCUT2D eigenvalue weighted by Gasteiger charge is -2.05. The molecule has 3 N–H and O–H groups in total. The molecule has 0 atom stereocenters. The minimum atomic E-state index is -2.63. The summed E-state index contributed by atoms with van der Waals surface area (Å²) < 4.78 is 5.13. The molecule has 0 aromatic heterocycles. The molecule has 4 heteroatoms. The zero-order valence-corrected chi connectivity index (χ0v) is 9.23. The lowest BCUT2D eigenvalue weighted by Crippen LogP contribution is -2.22. The van der Waals surface area contributed by atoms with E-state index in [1.807, 2.05) is 0 Å². The van der Waals surface area contributed by atoms with Gasteiger partial charge in [0.1, 0.15) is 0 Å². The van der Waals surface area contributed by atoms with Crippen LogP contribution in [0.3, 0.4) is 0 Å². The van der Waals surface area contributed by atoms with Crippen LogP contribution < -0.4 is 0 Å². The Kier molecular flexibility index (Phi) is 12.2. The standard InChI is InChI=1S/C6H14O.C4H8O3/c1-3-5-7-6-4-2;1-2-3-4(5,6)7/h3-6H2,1-2H3;2-3,5-7H,1H3. The van der Waals surface area contributed by atoms with E-state index in [2.05, 4.69) is 13.8 Å². The number of allylic oxidation sites excluding steroid dienone is 1. The van der Waals surface area contributed by atoms with Gasteiger partial charge < -0.3 is 20.1 Å². The minimum Gasteiger partial charge on any atom is -0.381 e. The highest BCUT2D eigenvalue weighted by molar-refractivity contribution is 4.83. The fraction of sp³-hybridized carbons (Fsp3) is 0.800. The third-order valence-corrected chi connectivity index (χ3v) is 1.09. The first-order valence-corrected chi connectivity index (χ1v) is 4.86. The van der Waals surface area contributed by atoms with Gasteiger partial charge in [-0.25, -0.2) is 0 Å². The molecule has 0 aliphatic rings. The molecule has 0 aliphatic carbocycles. The van der Waals surface area contributed by atoms with E-state index in [1.165, 1.54) is 6.08 Å². The molecular weight excluding hydrogens is 184 g/mol. The largest absolute Gasteiger partial charge is 0.381 e. The van der Waals surface area contributed by atoms with E-state index < -0.39 is 5.97 Å². The van der Waals surface area contributed by atoms with Crippen LogP contribution in [-0.2, 0) is 4.74 Å². The number of hydrogen-bond donors (Lipinski definition) is 3. The fourth-order valence-corrected chi connectivity index (χ4v) is 0.614. The molecular formula is C10H22O4. The quantitative estimate of drug-likeness (QED) is 0.357. The highest BCUT2D eigenvalue weighted by atomic mass is 16.7. The topological polar surface area (TPSA) is 69.9 Å². The van der Waals surface area contributed by atoms with Crippen molar-refractivity contribution in [2.24, 2.45) is 0 Å². The molecule has 0 spiro atoms. The summed E-state index contributed by atoms with van der Waals surface area (Å²) in [5.74, 6) is -2.63. The molecule has 0 saturated carbocycles. The van der Waals surface area contributed by atoms with E-state index in [-0.39, 0.29) is 0 Å². The molecule has 0 aromatic carbocycles. The van der Waals surface area contributed by atoms with E-state index in [0.717, 1.165) is 32.1 Å². The van der Waals surface area contributed by atoms with Gasteiger partial charge in [-0.2, -0.15) is 0 Å². The van der Waals surface area contributed by atoms with Crippen LogP contribution in [0, 0.1) is 0 Å². The van der Waals surface area contributed by atoms with E-state index >= 15 is 0 Å². The normalized spacial score (nSPS) is 11.3. The molecule has 0 unspecified atom stereocenters. The Morgan fingerprint density at radius 1 is 1.07 bits per heavy atom. The molecule has 0 radical (unpaired) electrons. The molecule has 4 nitrogen and oxygen atoms in total. The molecule has 0 rings (SSSR count). The maximum absolute atomic E-state index is 8.04. The summed E-state index contributed by atoms with van der Waals surface area (Å²) in [5.41, 5.74) is 0. The van der Waals surface area contributed by atoms with Gasteiger partial charge in [0.2, 0.25) is 0 Å². The van der Waals surface area contributed by atoms with Crippen molar-refractivity contribution in [1.82, 2.24) is 0 Å². The first kappa shape index (κ1) is 16.0. The second-order valence-electron chi connectivity index (χ2n) is 2.80. The molecule has 14 heavy (non-hydrogen) atoms. The molecule has 0 saturated heterocycles. The minimum absolute atomic E-state index is 0.854. The van der Waals surface area contributed by atoms with Gasteiger partial charge >= 0.3 is 0 Å². The summed E-state index contributed by atoms with van der Waals surface area (Å²) in [7, 11) is 0. The summed E-state index contributed by atoms with van der Waals surface area (Å²) in [5, 5.41) is 24.1. The molecule has 86 valence electrons. The van der Waals surface area contributed by atoms with Gasteiger partial charge in [0.05, 0.1) is 0 Å². The zero-order chi connectivity index (χ0) is 11.4. The first-order valence-electron chi connectivity index (χ1n) is 4.86. The Bertz CT molecular complexity index is 123. The first-order chi connectivity index (χ1) is 6.47. The van der Waals surface area contributed by atoms with E-state index in [9.17, 15) is 0 Å². The maximum atomic E-state index is 8.04. The number of aliphatic hydroxyl groups is 3. The van der Waals surface area contributed by atoms with Crippen LogP contribution in [0.5, 0.6) is 0 Å². The average molecular weight is 206 g/mol. The Balaban J connectivity index is 0. The van der Waals surface area contributed by atoms with Gasteiger partial charge in [-0.15, -0.1) is 0 Å². The monoisotopic (exact) mass is 206 g/mol. The number of rotatable bonds is 5. The van der Waals surface area contributed by atoms with Crippen molar-refractivity contribution in [3.05, 3.63) is 12.2 Å². The van der Waals surface area contributed by atoms with Gasteiger partial charge in [-0.05, 0) is 25.8 Å². The Hall–Kier alpha value is -0.420. The van der Waals surface area contributed by atoms with Crippen LogP contribution in [0.4, 0.5) is 0 Å². The number of ether oxygens (including phenoxy) is 1. The van der Waals surface area contributed by atoms with Gasteiger partial charge in [-0.1, -0.05) is 19.9 Å². The average Bonchev–Trinajstić information content (AvgIpc) is 2.04. The maximum Gasteiger partial charge on any atom is 0.297 e. The number of hydrogen-bond acceptors (Lipinski definition) is 4. The fourth-order valence-electron chi connectivity index (χ4n) is 0.614. The van der Waals surface area contributed by atoms with Gasteiger partial charge in [0, 0.05) is 13.2 Å². The summed E-state index contributed by atoms with van der Waals surface area (Å²) in [4.78, 5) is 0. The third-order valence-electron chi connectivity index (χ3n) is 1.09. The van der Waals surface area contributed by atoms with Gasteiger partial charge in [0.15, 0.2) is 0 Å². The summed E-state index contributed by atoms with van der Waals surface area (Å²) >= 11 is 0. The Morgan fingerprint density at radius 3 is 1.64 bits per heavy atom. The summed E-state index contributed by atoms with van der Waals surface area (Å²) in [6.45, 7) is 7.66. The molecule has 0 amide bonds. The van der Waals surface area contributed by atoms with Crippen LogP contribution in [-0.4, -0.2) is 34.5 Å². The zero-order valence-electron chi connectivity index (χ0n) is 9.23. The second-order valence-corrected chi connectivity index (χ2v) is 2.80. The van der Waals surface area contributed by atoms with Crippen LogP contribution in [0.15, 0.2) is 12.2 Å². The summed E-state index contributed by atoms with van der Waals surface area (Å²) in [6, 6.07) is 0. The molecule has 0 bridgehead atoms. The van der Waals surface area contributed by atoms with Crippen molar-refractivity contribution >= 4 is 0 Å². The van der Waals surface area contributed by atoms with Gasteiger partial charge in [0.25, 0.3) is 5.97 Å². The van der Waals surface area contributed by atoms with Crippen molar-refractivity contribution < 1.29 is 20.1 Å². The van der Waals surface area contributed by atoms with Crippen molar-refractivity contribution in [3.8, 4) is 0 Å². The predicted molar refractivity (Wildman–Crippen MR) is 55.6 cm³/mol. The highest BCUT2D eigenvalue weighted by Crippen LogP contribution is 1.91. The van der Waals surface area contributed by atoms with E-state index in [0.29, 0.717) is 0 Å². The molecule has 0 heterocycles. The van der Waals surface area contributed by atoms with Crippen molar-refractivity contribution in [2.45, 2.75) is 39.6 Å². The summed E-state index contributed by atoms with van der Waals surface area (Å²) in [6.07, 6.45) is 4.47. The van der Waals surface area contributed by atoms with Crippen LogP contribution in [0.1, 0.15) is 33.6 Å². The van der Waals surface area contributed by atoms with Crippen molar-refractivity contribution in [2.75, 3.05) is 13.2 Å². The van der Waals surface area contributed by atoms with E-state index in [4.69, 9.17) is 20.1 Å². The lowest BCUT2D eigenvalue weighted by molar-refractivity contribution is -0.273. The van der Waals surface area contributed by atoms with Crippen LogP contribution in [0.25, 0.3) is 0 Å². The predicted octanol–water partition coefficient (Wildman–Crippen LogP) is 1.02. The second kappa shape index (κ2) is 10.7. The SMILES string of the molecule is CC=CC(O)(O)O.CCCOCCC. The third kappa shape index (κ3) is 22.6. The highest BCUT2D eigenvalue weighted by Gasteiger charge is 2.09. The van der Waals surface area contributed by atoms with Gasteiger partial charge in [-0.3, -0.25) is 0 Å². The lowest BCUT2D eigenvalue weighted by atomic mass is 10.5. The van der Waals surface area contributed by atoms with Crippen molar-refractivity contribution in [1.29, 1.82) is 0 Å².